The predicted octanol–water partition coefficient (Wildman–Crippen LogP) is 2.87. The van der Waals surface area contributed by atoms with Crippen molar-refractivity contribution in [2.45, 2.75) is 26.3 Å². The van der Waals surface area contributed by atoms with E-state index in [1.165, 1.54) is 16.7 Å². The monoisotopic (exact) mass is 217 g/mol. The molecule has 1 aliphatic heterocycles. The van der Waals surface area contributed by atoms with E-state index in [4.69, 9.17) is 4.74 Å². The molecule has 0 aliphatic carbocycles. The minimum Gasteiger partial charge on any atom is -0.496 e. The Bertz CT molecular complexity index is 409. The van der Waals surface area contributed by atoms with Gasteiger partial charge in [0.05, 0.1) is 12.6 Å². The van der Waals surface area contributed by atoms with Crippen LogP contribution in [0.2, 0.25) is 0 Å². The van der Waals surface area contributed by atoms with Gasteiger partial charge < -0.3 is 10.1 Å². The largest absolute Gasteiger partial charge is 0.496 e. The van der Waals surface area contributed by atoms with Crippen molar-refractivity contribution >= 4 is 0 Å². The van der Waals surface area contributed by atoms with Crippen LogP contribution in [0.15, 0.2) is 30.0 Å². The minimum atomic E-state index is 0.197. The Labute approximate surface area is 97.3 Å². The molecule has 0 bridgehead atoms. The number of aryl methyl sites for hydroxylation is 2. The molecule has 1 aliphatic rings. The number of ether oxygens (including phenoxy) is 1. The highest BCUT2D eigenvalue weighted by atomic mass is 16.5. The number of hydrogen-bond donors (Lipinski definition) is 1. The maximum Gasteiger partial charge on any atom is 0.114 e. The second-order valence-electron chi connectivity index (χ2n) is 4.33. The van der Waals surface area contributed by atoms with E-state index in [0.29, 0.717) is 0 Å². The third-order valence-corrected chi connectivity index (χ3v) is 3.05. The van der Waals surface area contributed by atoms with Crippen LogP contribution in [0.3, 0.4) is 0 Å². The number of likely N-dealkylation sites (N-methyl/N-ethyl adjacent to an activating group) is 1. The van der Waals surface area contributed by atoms with Gasteiger partial charge in [-0.05, 0) is 38.1 Å². The van der Waals surface area contributed by atoms with Gasteiger partial charge in [0.1, 0.15) is 5.76 Å². The molecule has 2 nitrogen and oxygen atoms in total. The summed E-state index contributed by atoms with van der Waals surface area (Å²) in [4.78, 5) is 0. The first kappa shape index (κ1) is 11.2. The lowest BCUT2D eigenvalue weighted by molar-refractivity contribution is 0.218. The summed E-state index contributed by atoms with van der Waals surface area (Å²) >= 11 is 0. The molecule has 1 aromatic carbocycles. The van der Waals surface area contributed by atoms with Crippen LogP contribution >= 0.6 is 0 Å². The molecule has 1 heterocycles. The highest BCUT2D eigenvalue weighted by Gasteiger charge is 2.20. The van der Waals surface area contributed by atoms with Gasteiger partial charge in [0.25, 0.3) is 0 Å². The van der Waals surface area contributed by atoms with Gasteiger partial charge in [0.2, 0.25) is 0 Å². The molecule has 2 heteroatoms. The molecule has 1 atom stereocenters. The van der Waals surface area contributed by atoms with E-state index in [1.54, 1.807) is 0 Å². The second-order valence-corrected chi connectivity index (χ2v) is 4.33. The maximum absolute atomic E-state index is 5.65. The lowest BCUT2D eigenvalue weighted by Gasteiger charge is -2.20. The van der Waals surface area contributed by atoms with Gasteiger partial charge in [-0.1, -0.05) is 23.8 Å². The van der Waals surface area contributed by atoms with Gasteiger partial charge in [-0.25, -0.2) is 0 Å². The molecule has 1 aromatic rings. The second kappa shape index (κ2) is 4.71. The van der Waals surface area contributed by atoms with E-state index in [0.717, 1.165) is 18.8 Å². The summed E-state index contributed by atoms with van der Waals surface area (Å²) in [6.07, 6.45) is 3.21. The summed E-state index contributed by atoms with van der Waals surface area (Å²) < 4.78 is 5.65. The zero-order valence-electron chi connectivity index (χ0n) is 10.2. The van der Waals surface area contributed by atoms with Gasteiger partial charge in [-0.3, -0.25) is 0 Å². The smallest absolute Gasteiger partial charge is 0.114 e. The lowest BCUT2D eigenvalue weighted by atomic mass is 9.97. The minimum absolute atomic E-state index is 0.197. The first-order chi connectivity index (χ1) is 7.72. The van der Waals surface area contributed by atoms with E-state index in [9.17, 15) is 0 Å². The maximum atomic E-state index is 5.65. The molecule has 0 saturated heterocycles. The van der Waals surface area contributed by atoms with Gasteiger partial charge in [-0.15, -0.1) is 0 Å². The predicted molar refractivity (Wildman–Crippen MR) is 66.4 cm³/mol. The Morgan fingerprint density at radius 3 is 2.75 bits per heavy atom. The van der Waals surface area contributed by atoms with Gasteiger partial charge in [-0.2, -0.15) is 0 Å². The third-order valence-electron chi connectivity index (χ3n) is 3.05. The van der Waals surface area contributed by atoms with Crippen molar-refractivity contribution in [3.8, 4) is 0 Å². The summed E-state index contributed by atoms with van der Waals surface area (Å²) in [5, 5.41) is 3.34. The Hall–Kier alpha value is -1.28. The van der Waals surface area contributed by atoms with E-state index >= 15 is 0 Å². The van der Waals surface area contributed by atoms with E-state index in [1.807, 2.05) is 7.05 Å². The first-order valence-corrected chi connectivity index (χ1v) is 5.79. The van der Waals surface area contributed by atoms with Gasteiger partial charge >= 0.3 is 0 Å². The number of nitrogens with one attached hydrogen (secondary N) is 1. The number of rotatable bonds is 3. The van der Waals surface area contributed by atoms with Crippen LogP contribution in [-0.4, -0.2) is 13.7 Å². The number of benzene rings is 1. The molecule has 1 N–H and O–H groups in total. The SMILES string of the molecule is CNC(C1=CCCO1)c1cc(C)ccc1C. The molecule has 86 valence electrons. The van der Waals surface area contributed by atoms with Crippen molar-refractivity contribution < 1.29 is 4.74 Å². The van der Waals surface area contributed by atoms with Crippen molar-refractivity contribution in [1.29, 1.82) is 0 Å². The van der Waals surface area contributed by atoms with Crippen molar-refractivity contribution in [3.05, 3.63) is 46.7 Å². The summed E-state index contributed by atoms with van der Waals surface area (Å²) in [6.45, 7) is 5.09. The average molecular weight is 217 g/mol. The Kier molecular flexibility index (Phi) is 3.30. The van der Waals surface area contributed by atoms with Crippen LogP contribution in [0.4, 0.5) is 0 Å². The van der Waals surface area contributed by atoms with Crippen molar-refractivity contribution in [2.24, 2.45) is 0 Å². The summed E-state index contributed by atoms with van der Waals surface area (Å²) in [5.41, 5.74) is 3.91. The molecule has 1 unspecified atom stereocenters. The van der Waals surface area contributed by atoms with Crippen LogP contribution in [0.5, 0.6) is 0 Å². The quantitative estimate of drug-likeness (QED) is 0.840. The molecule has 0 fully saturated rings. The van der Waals surface area contributed by atoms with Crippen LogP contribution in [0, 0.1) is 13.8 Å². The normalized spacial score (nSPS) is 16.8. The van der Waals surface area contributed by atoms with E-state index in [-0.39, 0.29) is 6.04 Å². The Morgan fingerprint density at radius 2 is 2.12 bits per heavy atom. The molecule has 2 rings (SSSR count). The Balaban J connectivity index is 2.35. The standard InChI is InChI=1S/C14H19NO/c1-10-6-7-11(2)12(9-10)14(15-3)13-5-4-8-16-13/h5-7,9,14-15H,4,8H2,1-3H3. The summed E-state index contributed by atoms with van der Waals surface area (Å²) in [6, 6.07) is 6.75. The summed E-state index contributed by atoms with van der Waals surface area (Å²) in [5.74, 6) is 1.07. The summed E-state index contributed by atoms with van der Waals surface area (Å²) in [7, 11) is 1.98. The van der Waals surface area contributed by atoms with Crippen molar-refractivity contribution in [1.82, 2.24) is 5.32 Å². The lowest BCUT2D eigenvalue weighted by Crippen LogP contribution is -2.20. The molecule has 0 spiro atoms. The zero-order chi connectivity index (χ0) is 11.5. The highest BCUT2D eigenvalue weighted by Crippen LogP contribution is 2.28. The van der Waals surface area contributed by atoms with Crippen LogP contribution in [-0.2, 0) is 4.74 Å². The average Bonchev–Trinajstić information content (AvgIpc) is 2.78. The van der Waals surface area contributed by atoms with Crippen LogP contribution in [0.1, 0.15) is 29.2 Å². The highest BCUT2D eigenvalue weighted by molar-refractivity contribution is 5.36. The topological polar surface area (TPSA) is 21.3 Å². The first-order valence-electron chi connectivity index (χ1n) is 5.79. The molecule has 0 saturated carbocycles. The number of hydrogen-bond acceptors (Lipinski definition) is 2. The third kappa shape index (κ3) is 2.12. The fourth-order valence-electron chi connectivity index (χ4n) is 2.16. The molecule has 0 aromatic heterocycles. The molecular weight excluding hydrogens is 198 g/mol. The fraction of sp³-hybridized carbons (Fsp3) is 0.429. The Morgan fingerprint density at radius 1 is 1.31 bits per heavy atom. The van der Waals surface area contributed by atoms with E-state index < -0.39 is 0 Å². The van der Waals surface area contributed by atoms with Crippen LogP contribution < -0.4 is 5.32 Å². The molecule has 16 heavy (non-hydrogen) atoms. The van der Waals surface area contributed by atoms with Crippen molar-refractivity contribution in [2.75, 3.05) is 13.7 Å². The van der Waals surface area contributed by atoms with Crippen LogP contribution in [0.25, 0.3) is 0 Å². The van der Waals surface area contributed by atoms with Crippen molar-refractivity contribution in [3.63, 3.8) is 0 Å². The molecule has 0 radical (unpaired) electrons. The molecule has 0 amide bonds. The van der Waals surface area contributed by atoms with Gasteiger partial charge in [0.15, 0.2) is 0 Å². The van der Waals surface area contributed by atoms with Gasteiger partial charge in [0, 0.05) is 6.42 Å². The fourth-order valence-corrected chi connectivity index (χ4v) is 2.16. The zero-order valence-corrected chi connectivity index (χ0v) is 10.2. The van der Waals surface area contributed by atoms with E-state index in [2.05, 4.69) is 43.4 Å². The molecular formula is C14H19NO.